The first-order valence-corrected chi connectivity index (χ1v) is 5.51. The molecule has 2 N–H and O–H groups in total. The highest BCUT2D eigenvalue weighted by molar-refractivity contribution is 5.87. The number of hydrogen-bond acceptors (Lipinski definition) is 2. The summed E-state index contributed by atoms with van der Waals surface area (Å²) in [5, 5.41) is 0. The molecule has 3 heteroatoms. The summed E-state index contributed by atoms with van der Waals surface area (Å²) in [4.78, 5) is 13.9. The third-order valence-electron chi connectivity index (χ3n) is 2.99. The van der Waals surface area contributed by atoms with Crippen molar-refractivity contribution >= 4 is 11.6 Å². The highest BCUT2D eigenvalue weighted by Gasteiger charge is 2.31. The Kier molecular flexibility index (Phi) is 3.58. The predicted octanol–water partition coefficient (Wildman–Crippen LogP) is 2.02. The molecule has 88 valence electrons. The Morgan fingerprint density at radius 3 is 2.25 bits per heavy atom. The standard InChI is InChI=1S/C13H20N2O/c1-5-15(4)12(16)13(2,3)10-6-8-11(14)9-7-10/h6-9H,5,14H2,1-4H3. The Hall–Kier alpha value is -1.51. The molecule has 0 heterocycles. The quantitative estimate of drug-likeness (QED) is 0.792. The molecule has 0 aliphatic heterocycles. The first-order chi connectivity index (χ1) is 7.39. The van der Waals surface area contributed by atoms with Crippen LogP contribution in [-0.4, -0.2) is 24.4 Å². The van der Waals surface area contributed by atoms with Crippen molar-refractivity contribution in [3.05, 3.63) is 29.8 Å². The molecular weight excluding hydrogens is 200 g/mol. The van der Waals surface area contributed by atoms with E-state index in [4.69, 9.17) is 5.73 Å². The van der Waals surface area contributed by atoms with Crippen molar-refractivity contribution in [3.8, 4) is 0 Å². The summed E-state index contributed by atoms with van der Waals surface area (Å²) in [6.07, 6.45) is 0. The van der Waals surface area contributed by atoms with Gasteiger partial charge in [-0.15, -0.1) is 0 Å². The van der Waals surface area contributed by atoms with Crippen LogP contribution < -0.4 is 5.73 Å². The largest absolute Gasteiger partial charge is 0.399 e. The number of nitrogens with two attached hydrogens (primary N) is 1. The van der Waals surface area contributed by atoms with Crippen molar-refractivity contribution < 1.29 is 4.79 Å². The first kappa shape index (κ1) is 12.6. The SMILES string of the molecule is CCN(C)C(=O)C(C)(C)c1ccc(N)cc1. The van der Waals surface area contributed by atoms with Crippen molar-refractivity contribution in [2.24, 2.45) is 0 Å². The van der Waals surface area contributed by atoms with Gasteiger partial charge in [0.05, 0.1) is 5.41 Å². The maximum atomic E-state index is 12.2. The molecule has 0 saturated heterocycles. The van der Waals surface area contributed by atoms with Crippen LogP contribution in [0.4, 0.5) is 5.69 Å². The molecule has 1 rings (SSSR count). The molecule has 0 unspecified atom stereocenters. The zero-order valence-corrected chi connectivity index (χ0v) is 10.4. The second-order valence-electron chi connectivity index (χ2n) is 4.57. The van der Waals surface area contributed by atoms with Gasteiger partial charge in [0.2, 0.25) is 5.91 Å². The van der Waals surface area contributed by atoms with Gasteiger partial charge in [-0.05, 0) is 38.5 Å². The van der Waals surface area contributed by atoms with Crippen LogP contribution in [-0.2, 0) is 10.2 Å². The van der Waals surface area contributed by atoms with Gasteiger partial charge >= 0.3 is 0 Å². The zero-order chi connectivity index (χ0) is 12.3. The van der Waals surface area contributed by atoms with Crippen molar-refractivity contribution in [3.63, 3.8) is 0 Å². The highest BCUT2D eigenvalue weighted by atomic mass is 16.2. The Morgan fingerprint density at radius 1 is 1.31 bits per heavy atom. The van der Waals surface area contributed by atoms with Crippen molar-refractivity contribution in [2.45, 2.75) is 26.2 Å². The van der Waals surface area contributed by atoms with E-state index in [1.54, 1.807) is 4.90 Å². The smallest absolute Gasteiger partial charge is 0.232 e. The summed E-state index contributed by atoms with van der Waals surface area (Å²) in [6, 6.07) is 7.49. The lowest BCUT2D eigenvalue weighted by molar-refractivity contribution is -0.134. The number of amides is 1. The number of nitrogen functional groups attached to an aromatic ring is 1. The molecule has 0 aromatic heterocycles. The fourth-order valence-corrected chi connectivity index (χ4v) is 1.64. The van der Waals surface area contributed by atoms with Gasteiger partial charge in [-0.1, -0.05) is 12.1 Å². The van der Waals surface area contributed by atoms with E-state index in [1.165, 1.54) is 0 Å². The Morgan fingerprint density at radius 2 is 1.81 bits per heavy atom. The van der Waals surface area contributed by atoms with E-state index in [0.29, 0.717) is 0 Å². The molecule has 1 amide bonds. The third-order valence-corrected chi connectivity index (χ3v) is 2.99. The summed E-state index contributed by atoms with van der Waals surface area (Å²) in [5.74, 6) is 0.125. The molecule has 0 spiro atoms. The molecule has 1 aromatic carbocycles. The number of anilines is 1. The van der Waals surface area contributed by atoms with Crippen molar-refractivity contribution in [1.82, 2.24) is 4.90 Å². The summed E-state index contributed by atoms with van der Waals surface area (Å²) in [6.45, 7) is 6.56. The van der Waals surface area contributed by atoms with Crippen LogP contribution >= 0.6 is 0 Å². The Balaban J connectivity index is 3.01. The topological polar surface area (TPSA) is 46.3 Å². The van der Waals surface area contributed by atoms with E-state index in [-0.39, 0.29) is 5.91 Å². The minimum absolute atomic E-state index is 0.125. The van der Waals surface area contributed by atoms with Gasteiger partial charge < -0.3 is 10.6 Å². The molecule has 1 aromatic rings. The van der Waals surface area contributed by atoms with Gasteiger partial charge in [0.1, 0.15) is 0 Å². The van der Waals surface area contributed by atoms with Crippen LogP contribution in [0.3, 0.4) is 0 Å². The van der Waals surface area contributed by atoms with Gasteiger partial charge in [-0.3, -0.25) is 4.79 Å². The molecule has 0 atom stereocenters. The fourth-order valence-electron chi connectivity index (χ4n) is 1.64. The van der Waals surface area contributed by atoms with E-state index in [2.05, 4.69) is 0 Å². The minimum Gasteiger partial charge on any atom is -0.399 e. The van der Waals surface area contributed by atoms with Gasteiger partial charge in [0.15, 0.2) is 0 Å². The number of likely N-dealkylation sites (N-methyl/N-ethyl adjacent to an activating group) is 1. The average Bonchev–Trinajstić information content (AvgIpc) is 2.27. The first-order valence-electron chi connectivity index (χ1n) is 5.51. The lowest BCUT2D eigenvalue weighted by Gasteiger charge is -2.29. The zero-order valence-electron chi connectivity index (χ0n) is 10.4. The summed E-state index contributed by atoms with van der Waals surface area (Å²) >= 11 is 0. The Labute approximate surface area is 97.2 Å². The van der Waals surface area contributed by atoms with Crippen LogP contribution in [0.1, 0.15) is 26.3 Å². The number of rotatable bonds is 3. The van der Waals surface area contributed by atoms with Crippen LogP contribution in [0.5, 0.6) is 0 Å². The summed E-state index contributed by atoms with van der Waals surface area (Å²) in [5.41, 5.74) is 6.85. The minimum atomic E-state index is -0.502. The average molecular weight is 220 g/mol. The third kappa shape index (κ3) is 2.35. The van der Waals surface area contributed by atoms with Crippen LogP contribution in [0.2, 0.25) is 0 Å². The molecule has 0 radical (unpaired) electrons. The molecule has 3 nitrogen and oxygen atoms in total. The molecular formula is C13H20N2O. The van der Waals surface area contributed by atoms with Gasteiger partial charge in [0, 0.05) is 19.3 Å². The molecule has 0 bridgehead atoms. The van der Waals surface area contributed by atoms with Gasteiger partial charge in [-0.25, -0.2) is 0 Å². The normalized spacial score (nSPS) is 11.2. The molecule has 0 aliphatic carbocycles. The number of carbonyl (C=O) groups is 1. The second-order valence-corrected chi connectivity index (χ2v) is 4.57. The van der Waals surface area contributed by atoms with Crippen molar-refractivity contribution in [2.75, 3.05) is 19.3 Å². The van der Waals surface area contributed by atoms with Gasteiger partial charge in [0.25, 0.3) is 0 Å². The van der Waals surface area contributed by atoms with E-state index in [0.717, 1.165) is 17.8 Å². The van der Waals surface area contributed by atoms with E-state index < -0.39 is 5.41 Å². The number of carbonyl (C=O) groups excluding carboxylic acids is 1. The molecule has 0 fully saturated rings. The van der Waals surface area contributed by atoms with Gasteiger partial charge in [-0.2, -0.15) is 0 Å². The molecule has 0 saturated carbocycles. The summed E-state index contributed by atoms with van der Waals surface area (Å²) in [7, 11) is 1.82. The van der Waals surface area contributed by atoms with E-state index >= 15 is 0 Å². The lowest BCUT2D eigenvalue weighted by Crippen LogP contribution is -2.41. The van der Waals surface area contributed by atoms with Crippen molar-refractivity contribution in [1.29, 1.82) is 0 Å². The lowest BCUT2D eigenvalue weighted by atomic mass is 9.83. The van der Waals surface area contributed by atoms with E-state index in [9.17, 15) is 4.79 Å². The fraction of sp³-hybridized carbons (Fsp3) is 0.462. The number of benzene rings is 1. The highest BCUT2D eigenvalue weighted by Crippen LogP contribution is 2.25. The second kappa shape index (κ2) is 4.56. The maximum absolute atomic E-state index is 12.2. The number of hydrogen-bond donors (Lipinski definition) is 1. The predicted molar refractivity (Wildman–Crippen MR) is 67.2 cm³/mol. The number of nitrogens with zero attached hydrogens (tertiary/aromatic N) is 1. The summed E-state index contributed by atoms with van der Waals surface area (Å²) < 4.78 is 0. The van der Waals surface area contributed by atoms with E-state index in [1.807, 2.05) is 52.1 Å². The monoisotopic (exact) mass is 220 g/mol. The molecule has 16 heavy (non-hydrogen) atoms. The maximum Gasteiger partial charge on any atom is 0.232 e. The Bertz CT molecular complexity index is 368. The molecule has 0 aliphatic rings. The van der Waals surface area contributed by atoms with Crippen LogP contribution in [0.25, 0.3) is 0 Å². The van der Waals surface area contributed by atoms with Crippen LogP contribution in [0.15, 0.2) is 24.3 Å². The van der Waals surface area contributed by atoms with Crippen LogP contribution in [0, 0.1) is 0 Å².